The maximum absolute atomic E-state index is 11.0. The van der Waals surface area contributed by atoms with E-state index in [4.69, 9.17) is 0 Å². The molecule has 0 heterocycles. The number of Topliss-reactive ketones (excluding diaryl/α,β-unsaturated/α-hetero) is 2. The van der Waals surface area contributed by atoms with E-state index in [0.29, 0.717) is 12.7 Å². The minimum atomic E-state index is -0.0313. The van der Waals surface area contributed by atoms with Crippen molar-refractivity contribution < 1.29 is 14.4 Å². The van der Waals surface area contributed by atoms with Crippen molar-refractivity contribution in [2.24, 2.45) is 0 Å². The van der Waals surface area contributed by atoms with E-state index in [2.05, 4.69) is 0 Å². The number of aldehydes is 1. The van der Waals surface area contributed by atoms with E-state index < -0.39 is 0 Å². The molecule has 0 fully saturated rings. The van der Waals surface area contributed by atoms with Gasteiger partial charge in [-0.1, -0.05) is 60.7 Å². The molecule has 21 heavy (non-hydrogen) atoms. The van der Waals surface area contributed by atoms with Gasteiger partial charge in [0.25, 0.3) is 0 Å². The summed E-state index contributed by atoms with van der Waals surface area (Å²) in [7, 11) is 0. The minimum Gasteiger partial charge on any atom is -0.303 e. The average Bonchev–Trinajstić information content (AvgIpc) is 2.50. The Morgan fingerprint density at radius 3 is 1.86 bits per heavy atom. The second kappa shape index (κ2) is 9.37. The van der Waals surface area contributed by atoms with Gasteiger partial charge < -0.3 is 4.79 Å². The number of carbonyl (C=O) groups excluding carboxylic acids is 3. The summed E-state index contributed by atoms with van der Waals surface area (Å²) in [6, 6.07) is 18.6. The van der Waals surface area contributed by atoms with Crippen molar-refractivity contribution in [3.8, 4) is 0 Å². The Kier molecular flexibility index (Phi) is 7.36. The Morgan fingerprint density at radius 2 is 1.43 bits per heavy atom. The van der Waals surface area contributed by atoms with Gasteiger partial charge in [-0.15, -0.1) is 0 Å². The summed E-state index contributed by atoms with van der Waals surface area (Å²) in [4.78, 5) is 31.6. The first kappa shape index (κ1) is 16.5. The highest BCUT2D eigenvalue weighted by atomic mass is 16.1. The fraction of sp³-hybridized carbons (Fsp3) is 0.167. The van der Waals surface area contributed by atoms with Gasteiger partial charge in [-0.3, -0.25) is 9.59 Å². The first-order chi connectivity index (χ1) is 10.1. The lowest BCUT2D eigenvalue weighted by atomic mass is 10.1. The lowest BCUT2D eigenvalue weighted by Crippen LogP contribution is -2.02. The number of benzene rings is 2. The zero-order valence-electron chi connectivity index (χ0n) is 12.0. The largest absolute Gasteiger partial charge is 0.303 e. The Morgan fingerprint density at radius 1 is 0.905 bits per heavy atom. The Bertz CT molecular complexity index is 574. The van der Waals surface area contributed by atoms with E-state index in [0.717, 1.165) is 11.1 Å². The van der Waals surface area contributed by atoms with Crippen molar-refractivity contribution in [3.63, 3.8) is 0 Å². The molecular weight excluding hydrogens is 264 g/mol. The molecule has 0 saturated carbocycles. The first-order valence-electron chi connectivity index (χ1n) is 6.68. The van der Waals surface area contributed by atoms with Gasteiger partial charge in [-0.25, -0.2) is 0 Å². The van der Waals surface area contributed by atoms with Crippen LogP contribution in [0.1, 0.15) is 29.3 Å². The van der Waals surface area contributed by atoms with Crippen LogP contribution in [0.25, 0.3) is 0 Å². The molecule has 0 bridgehead atoms. The summed E-state index contributed by atoms with van der Waals surface area (Å²) in [6.45, 7) is 1.56. The molecule has 0 spiro atoms. The molecule has 3 nitrogen and oxygen atoms in total. The van der Waals surface area contributed by atoms with E-state index in [1.54, 1.807) is 6.92 Å². The molecule has 0 aliphatic heterocycles. The van der Waals surface area contributed by atoms with Crippen LogP contribution in [0.3, 0.4) is 0 Å². The molecule has 0 saturated heterocycles. The number of hydrogen-bond donors (Lipinski definition) is 0. The highest BCUT2D eigenvalue weighted by Gasteiger charge is 2.00. The molecule has 0 radical (unpaired) electrons. The lowest BCUT2D eigenvalue weighted by molar-refractivity contribution is -0.121. The van der Waals surface area contributed by atoms with Crippen molar-refractivity contribution in [1.29, 1.82) is 0 Å². The van der Waals surface area contributed by atoms with Crippen LogP contribution in [0.15, 0.2) is 60.7 Å². The van der Waals surface area contributed by atoms with Crippen molar-refractivity contribution in [2.75, 3.05) is 0 Å². The molecule has 0 aliphatic rings. The summed E-state index contributed by atoms with van der Waals surface area (Å²) >= 11 is 0. The van der Waals surface area contributed by atoms with Crippen LogP contribution in [0.5, 0.6) is 0 Å². The fourth-order valence-electron chi connectivity index (χ4n) is 1.66. The highest BCUT2D eigenvalue weighted by molar-refractivity contribution is 5.93. The van der Waals surface area contributed by atoms with Gasteiger partial charge in [-0.05, 0) is 12.5 Å². The van der Waals surface area contributed by atoms with Crippen molar-refractivity contribution in [3.05, 3.63) is 71.8 Å². The maximum atomic E-state index is 11.0. The van der Waals surface area contributed by atoms with Crippen molar-refractivity contribution >= 4 is 17.9 Å². The van der Waals surface area contributed by atoms with E-state index in [9.17, 15) is 14.4 Å². The third-order valence-corrected chi connectivity index (χ3v) is 2.74. The van der Waals surface area contributed by atoms with Gasteiger partial charge in [0.05, 0.1) is 6.42 Å². The van der Waals surface area contributed by atoms with E-state index in [-0.39, 0.29) is 18.0 Å². The summed E-state index contributed by atoms with van der Waals surface area (Å²) in [5.74, 6) is 0.0896. The van der Waals surface area contributed by atoms with Crippen LogP contribution in [0.4, 0.5) is 0 Å². The molecule has 0 amide bonds. The predicted octanol–water partition coefficient (Wildman–Crippen LogP) is 3.28. The monoisotopic (exact) mass is 282 g/mol. The smallest absolute Gasteiger partial charge is 0.159 e. The molecule has 2 aromatic rings. The van der Waals surface area contributed by atoms with Crippen LogP contribution < -0.4 is 0 Å². The quantitative estimate of drug-likeness (QED) is 0.480. The van der Waals surface area contributed by atoms with E-state index in [1.165, 1.54) is 0 Å². The summed E-state index contributed by atoms with van der Waals surface area (Å²) in [5, 5.41) is 0. The van der Waals surface area contributed by atoms with Crippen LogP contribution >= 0.6 is 0 Å². The molecule has 2 aromatic carbocycles. The van der Waals surface area contributed by atoms with Crippen molar-refractivity contribution in [2.45, 2.75) is 19.8 Å². The van der Waals surface area contributed by atoms with Gasteiger partial charge in [0, 0.05) is 12.0 Å². The maximum Gasteiger partial charge on any atom is 0.159 e. The van der Waals surface area contributed by atoms with Gasteiger partial charge in [0.1, 0.15) is 12.1 Å². The summed E-state index contributed by atoms with van der Waals surface area (Å²) < 4.78 is 0. The SMILES string of the molecule is CC(=O)c1ccccc1.O=CCC(=O)Cc1ccccc1. The fourth-order valence-corrected chi connectivity index (χ4v) is 1.66. The third-order valence-electron chi connectivity index (χ3n) is 2.74. The number of rotatable bonds is 5. The third kappa shape index (κ3) is 6.97. The zero-order valence-corrected chi connectivity index (χ0v) is 12.0. The number of carbonyl (C=O) groups is 3. The van der Waals surface area contributed by atoms with Crippen LogP contribution in [0.2, 0.25) is 0 Å². The first-order valence-corrected chi connectivity index (χ1v) is 6.68. The van der Waals surface area contributed by atoms with Gasteiger partial charge in [0.2, 0.25) is 0 Å². The predicted molar refractivity (Wildman–Crippen MR) is 82.3 cm³/mol. The Hall–Kier alpha value is -2.55. The van der Waals surface area contributed by atoms with Crippen molar-refractivity contribution in [1.82, 2.24) is 0 Å². The number of ketones is 2. The standard InChI is InChI=1S/C10H10O2.C8H8O/c11-7-6-10(12)8-9-4-2-1-3-5-9;1-7(9)8-5-3-2-4-6-8/h1-5,7H,6,8H2;2-6H,1H3. The van der Waals surface area contributed by atoms with Gasteiger partial charge in [-0.2, -0.15) is 0 Å². The molecule has 0 unspecified atom stereocenters. The zero-order chi connectivity index (χ0) is 15.5. The molecule has 0 atom stereocenters. The molecule has 3 heteroatoms. The second-order valence-corrected chi connectivity index (χ2v) is 4.49. The summed E-state index contributed by atoms with van der Waals surface area (Å²) in [6.07, 6.45) is 1.03. The lowest BCUT2D eigenvalue weighted by Gasteiger charge is -1.95. The Labute approximate surface area is 124 Å². The van der Waals surface area contributed by atoms with Crippen LogP contribution in [-0.4, -0.2) is 17.9 Å². The van der Waals surface area contributed by atoms with Gasteiger partial charge in [0.15, 0.2) is 5.78 Å². The van der Waals surface area contributed by atoms with Crippen LogP contribution in [0, 0.1) is 0 Å². The minimum absolute atomic E-state index is 0.0227. The molecular formula is C18H18O3. The molecule has 0 aliphatic carbocycles. The average molecular weight is 282 g/mol. The summed E-state index contributed by atoms with van der Waals surface area (Å²) in [5.41, 5.74) is 1.74. The van der Waals surface area contributed by atoms with E-state index >= 15 is 0 Å². The van der Waals surface area contributed by atoms with Crippen LogP contribution in [-0.2, 0) is 16.0 Å². The Balaban J connectivity index is 0.000000219. The molecule has 2 rings (SSSR count). The molecule has 0 N–H and O–H groups in total. The number of hydrogen-bond acceptors (Lipinski definition) is 3. The topological polar surface area (TPSA) is 51.2 Å². The second-order valence-electron chi connectivity index (χ2n) is 4.49. The van der Waals surface area contributed by atoms with E-state index in [1.807, 2.05) is 60.7 Å². The molecule has 108 valence electrons. The van der Waals surface area contributed by atoms with Gasteiger partial charge >= 0.3 is 0 Å². The highest BCUT2D eigenvalue weighted by Crippen LogP contribution is 2.00. The molecule has 0 aromatic heterocycles. The normalized spacial score (nSPS) is 9.19.